The summed E-state index contributed by atoms with van der Waals surface area (Å²) in [6, 6.07) is 15.7. The molecule has 370 valence electrons. The van der Waals surface area contributed by atoms with Gasteiger partial charge in [-0.1, -0.05) is 32.0 Å². The highest BCUT2D eigenvalue weighted by molar-refractivity contribution is 6.06. The number of benzene rings is 3. The van der Waals surface area contributed by atoms with Gasteiger partial charge in [-0.2, -0.15) is 9.97 Å². The number of phenolic OH excluding ortho intramolecular Hbond substituents is 1. The number of carbonyl (C=O) groups is 3. The first kappa shape index (κ1) is 44.9. The molecule has 1 spiro atoms. The van der Waals surface area contributed by atoms with E-state index in [-0.39, 0.29) is 57.9 Å². The Morgan fingerprint density at radius 2 is 1.66 bits per heavy atom. The third-order valence-corrected chi connectivity index (χ3v) is 17.6. The molecule has 7 fully saturated rings. The van der Waals surface area contributed by atoms with E-state index in [1.54, 1.807) is 23.2 Å². The molecule has 16 heteroatoms. The molecule has 7 aliphatic heterocycles. The SMILES string of the molecule is CCc1cccc2cc(O)cc(-c3ncc4c(N5CC6CCC(C5)N6)nc(OCC5(CN6CCC(C)(CN7CC8(C7)CN(c7ccc9c(c7)CN([C@H]7CCC(=O)NC7=O)C9=O)C8)CC6)CC5)nc4c3F)c12. The molecule has 3 atom stereocenters. The van der Waals surface area contributed by atoms with Gasteiger partial charge in [-0.15, -0.1) is 0 Å². The van der Waals surface area contributed by atoms with Crippen LogP contribution in [0.15, 0.2) is 54.7 Å². The quantitative estimate of drug-likeness (QED) is 0.125. The number of aryl methyl sites for hydroxylation is 1. The number of rotatable bonds is 12. The molecule has 0 radical (unpaired) electrons. The number of piperazine rings is 1. The minimum absolute atomic E-state index is 0.0145. The molecule has 2 aromatic heterocycles. The van der Waals surface area contributed by atoms with Crippen molar-refractivity contribution in [1.82, 2.24) is 40.3 Å². The van der Waals surface area contributed by atoms with Gasteiger partial charge in [0, 0.05) is 111 Å². The molecular formula is C55H63FN10O5. The molecule has 9 heterocycles. The molecule has 3 aromatic carbocycles. The number of fused-ring (bicyclic) bond motifs is 5. The number of piperidine rings is 2. The number of phenols is 1. The molecule has 71 heavy (non-hydrogen) atoms. The van der Waals surface area contributed by atoms with Crippen molar-refractivity contribution in [2.24, 2.45) is 16.2 Å². The van der Waals surface area contributed by atoms with E-state index in [4.69, 9.17) is 19.7 Å². The van der Waals surface area contributed by atoms with E-state index in [1.807, 2.05) is 30.3 Å². The molecule has 1 saturated carbocycles. The van der Waals surface area contributed by atoms with Crippen LogP contribution in [0, 0.1) is 22.1 Å². The number of aromatic hydroxyl groups is 1. The predicted molar refractivity (Wildman–Crippen MR) is 268 cm³/mol. The lowest BCUT2D eigenvalue weighted by molar-refractivity contribution is -0.136. The van der Waals surface area contributed by atoms with Crippen molar-refractivity contribution >= 4 is 50.9 Å². The molecule has 3 amide bonds. The minimum Gasteiger partial charge on any atom is -0.508 e. The van der Waals surface area contributed by atoms with Gasteiger partial charge < -0.3 is 39.7 Å². The molecule has 5 aromatic rings. The van der Waals surface area contributed by atoms with Gasteiger partial charge in [-0.05, 0) is 122 Å². The number of nitrogens with one attached hydrogen (secondary N) is 2. The first-order chi connectivity index (χ1) is 34.3. The lowest BCUT2D eigenvalue weighted by atomic mass is 9.70. The van der Waals surface area contributed by atoms with Crippen molar-refractivity contribution in [2.75, 3.05) is 81.9 Å². The van der Waals surface area contributed by atoms with E-state index in [2.05, 4.69) is 50.1 Å². The molecule has 6 saturated heterocycles. The lowest BCUT2D eigenvalue weighted by Gasteiger charge is -2.62. The highest BCUT2D eigenvalue weighted by atomic mass is 19.1. The maximum Gasteiger partial charge on any atom is 0.319 e. The summed E-state index contributed by atoms with van der Waals surface area (Å²) in [7, 11) is 0. The van der Waals surface area contributed by atoms with E-state index in [1.165, 1.54) is 0 Å². The highest BCUT2D eigenvalue weighted by Crippen LogP contribution is 2.49. The van der Waals surface area contributed by atoms with Crippen LogP contribution in [-0.4, -0.2) is 143 Å². The number of hydrogen-bond donors (Lipinski definition) is 3. The van der Waals surface area contributed by atoms with E-state index in [0.717, 1.165) is 138 Å². The molecular weight excluding hydrogens is 900 g/mol. The first-order valence-electron chi connectivity index (χ1n) is 26.0. The highest BCUT2D eigenvalue weighted by Gasteiger charge is 2.53. The zero-order valence-electron chi connectivity index (χ0n) is 40.8. The Morgan fingerprint density at radius 1 is 0.873 bits per heavy atom. The van der Waals surface area contributed by atoms with Crippen molar-refractivity contribution < 1.29 is 28.6 Å². The van der Waals surface area contributed by atoms with Gasteiger partial charge in [0.1, 0.15) is 28.8 Å². The zero-order valence-corrected chi connectivity index (χ0v) is 40.8. The summed E-state index contributed by atoms with van der Waals surface area (Å²) < 4.78 is 23.8. The van der Waals surface area contributed by atoms with Gasteiger partial charge in [-0.3, -0.25) is 24.7 Å². The Labute approximate surface area is 413 Å². The fraction of sp³-hybridized carbons (Fsp3) is 0.527. The van der Waals surface area contributed by atoms with Gasteiger partial charge in [0.15, 0.2) is 5.82 Å². The fourth-order valence-corrected chi connectivity index (χ4v) is 13.5. The second-order valence-electron chi connectivity index (χ2n) is 23.0. The maximum atomic E-state index is 17.2. The summed E-state index contributed by atoms with van der Waals surface area (Å²) in [5.41, 5.74) is 5.27. The Morgan fingerprint density at radius 3 is 2.41 bits per heavy atom. The number of imide groups is 1. The standard InChI is InChI=1S/C55H63FN10O5/c1-3-33-5-4-6-34-20-39(67)21-41(45(33)34)47-46(56)48-42(22-57-47)49(64-24-36-7-8-37(25-64)58-36)61-52(60-48)71-32-54(13-14-54)27-62-17-15-53(2,16-18-62)26-63-28-55(29-63)30-65(31-55)38-9-10-40-35(19-38)23-66(51(40)70)43-11-12-44(68)59-50(43)69/h4-6,9-10,19-22,36-37,43,58,67H,3,7-8,11-18,23-32H2,1-2H3,(H,59,68,69)/t36?,37?,43-/m0/s1. The number of hydrogen-bond acceptors (Lipinski definition) is 13. The topological polar surface area (TPSA) is 160 Å². The van der Waals surface area contributed by atoms with Crippen molar-refractivity contribution in [1.29, 1.82) is 0 Å². The van der Waals surface area contributed by atoms with E-state index in [9.17, 15) is 19.5 Å². The Hall–Kier alpha value is -5.97. The number of carbonyl (C=O) groups excluding carboxylic acids is 3. The molecule has 2 bridgehead atoms. The predicted octanol–water partition coefficient (Wildman–Crippen LogP) is 6.04. The van der Waals surface area contributed by atoms with E-state index >= 15 is 4.39 Å². The Kier molecular flexibility index (Phi) is 10.6. The molecule has 1 aliphatic carbocycles. The summed E-state index contributed by atoms with van der Waals surface area (Å²) in [6.07, 6.45) is 9.74. The minimum atomic E-state index is -0.601. The van der Waals surface area contributed by atoms with Crippen LogP contribution in [0.25, 0.3) is 32.9 Å². The average molecular weight is 963 g/mol. The Bertz CT molecular complexity index is 3000. The largest absolute Gasteiger partial charge is 0.508 e. The smallest absolute Gasteiger partial charge is 0.319 e. The van der Waals surface area contributed by atoms with E-state index < -0.39 is 11.9 Å². The van der Waals surface area contributed by atoms with Gasteiger partial charge in [0.25, 0.3) is 5.91 Å². The number of anilines is 2. The van der Waals surface area contributed by atoms with Crippen molar-refractivity contribution in [3.63, 3.8) is 0 Å². The number of amides is 3. The number of halogens is 1. The second kappa shape index (κ2) is 16.8. The van der Waals surface area contributed by atoms with Crippen molar-refractivity contribution in [2.45, 2.75) is 96.3 Å². The monoisotopic (exact) mass is 962 g/mol. The zero-order chi connectivity index (χ0) is 48.4. The van der Waals surface area contributed by atoms with Crippen LogP contribution in [-0.2, 0) is 22.6 Å². The second-order valence-corrected chi connectivity index (χ2v) is 23.0. The summed E-state index contributed by atoms with van der Waals surface area (Å²) in [5.74, 6) is -0.598. The summed E-state index contributed by atoms with van der Waals surface area (Å²) in [5, 5.41) is 19.2. The summed E-state index contributed by atoms with van der Waals surface area (Å²) >= 11 is 0. The first-order valence-corrected chi connectivity index (χ1v) is 26.0. The summed E-state index contributed by atoms with van der Waals surface area (Å²) in [4.78, 5) is 63.7. The van der Waals surface area contributed by atoms with Crippen LogP contribution in [0.5, 0.6) is 11.8 Å². The number of aromatic nitrogens is 3. The summed E-state index contributed by atoms with van der Waals surface area (Å²) in [6.45, 7) is 15.4. The van der Waals surface area contributed by atoms with Gasteiger partial charge in [0.05, 0.1) is 12.0 Å². The average Bonchev–Trinajstić information content (AvgIpc) is 3.91. The number of nitrogens with zero attached hydrogens (tertiary/aromatic N) is 8. The van der Waals surface area contributed by atoms with E-state index in [0.29, 0.717) is 59.4 Å². The number of likely N-dealkylation sites (tertiary alicyclic amines) is 2. The van der Waals surface area contributed by atoms with Crippen LogP contribution >= 0.6 is 0 Å². The van der Waals surface area contributed by atoms with Crippen molar-refractivity contribution in [3.05, 3.63) is 77.2 Å². The van der Waals surface area contributed by atoms with Crippen molar-refractivity contribution in [3.8, 4) is 23.0 Å². The lowest BCUT2D eigenvalue weighted by Crippen LogP contribution is -2.73. The van der Waals surface area contributed by atoms with Gasteiger partial charge >= 0.3 is 6.01 Å². The van der Waals surface area contributed by atoms with Gasteiger partial charge in [-0.25, -0.2) is 4.39 Å². The van der Waals surface area contributed by atoms with Crippen LogP contribution in [0.2, 0.25) is 0 Å². The normalized spacial score (nSPS) is 25.4. The Balaban J connectivity index is 0.638. The molecule has 15 nitrogen and oxygen atoms in total. The van der Waals surface area contributed by atoms with Crippen LogP contribution < -0.4 is 25.2 Å². The van der Waals surface area contributed by atoms with Gasteiger partial charge in [0.2, 0.25) is 11.8 Å². The van der Waals surface area contributed by atoms with Crippen LogP contribution in [0.3, 0.4) is 0 Å². The number of pyridine rings is 1. The third-order valence-electron chi connectivity index (χ3n) is 17.6. The third kappa shape index (κ3) is 8.04. The molecule has 2 unspecified atom stereocenters. The number of ether oxygens (including phenoxy) is 1. The molecule has 3 N–H and O–H groups in total. The fourth-order valence-electron chi connectivity index (χ4n) is 13.5. The maximum absolute atomic E-state index is 17.2. The van der Waals surface area contributed by atoms with Crippen LogP contribution in [0.1, 0.15) is 86.7 Å². The molecule has 8 aliphatic rings. The molecule has 13 rings (SSSR count). The van der Waals surface area contributed by atoms with Crippen LogP contribution in [0.4, 0.5) is 15.9 Å².